The fraction of sp³-hybridized carbons (Fsp3) is 0.286. The predicted molar refractivity (Wildman–Crippen MR) is 108 cm³/mol. The topological polar surface area (TPSA) is 103 Å². The number of rotatable bonds is 5. The van der Waals surface area contributed by atoms with E-state index in [1.165, 1.54) is 35.7 Å². The molecular weight excluding hydrogens is 425 g/mol. The van der Waals surface area contributed by atoms with Gasteiger partial charge in [-0.3, -0.25) is 0 Å². The minimum absolute atomic E-state index is 0.00737. The summed E-state index contributed by atoms with van der Waals surface area (Å²) in [5.41, 5.74) is 0.642. The average molecular weight is 445 g/mol. The predicted octanol–water partition coefficient (Wildman–Crippen LogP) is 3.23. The summed E-state index contributed by atoms with van der Waals surface area (Å²) < 4.78 is 50.8. The zero-order valence-corrected chi connectivity index (χ0v) is 17.5. The van der Waals surface area contributed by atoms with Gasteiger partial charge in [0, 0.05) is 24.6 Å². The number of aromatic nitrogens is 2. The minimum atomic E-state index is -3.86. The number of hydrogen-bond donors (Lipinski definition) is 0. The van der Waals surface area contributed by atoms with Crippen molar-refractivity contribution in [2.45, 2.75) is 23.7 Å². The van der Waals surface area contributed by atoms with Crippen LogP contribution < -0.4 is 0 Å². The van der Waals surface area contributed by atoms with Gasteiger partial charge in [0.1, 0.15) is 5.82 Å². The molecule has 0 aliphatic carbocycles. The lowest BCUT2D eigenvalue weighted by molar-refractivity contribution is 0.0596. The molecule has 0 N–H and O–H groups in total. The van der Waals surface area contributed by atoms with Crippen molar-refractivity contribution in [1.82, 2.24) is 14.4 Å². The lowest BCUT2D eigenvalue weighted by atomic mass is 9.98. The summed E-state index contributed by atoms with van der Waals surface area (Å²) >= 11 is 0. The van der Waals surface area contributed by atoms with Gasteiger partial charge in [-0.05, 0) is 49.2 Å². The summed E-state index contributed by atoms with van der Waals surface area (Å²) in [7, 11) is -2.65. The Balaban J connectivity index is 1.48. The fourth-order valence-electron chi connectivity index (χ4n) is 3.57. The molecule has 0 amide bonds. The highest BCUT2D eigenvalue weighted by Gasteiger charge is 2.34. The van der Waals surface area contributed by atoms with Crippen LogP contribution in [0, 0.1) is 5.82 Å². The second-order valence-electron chi connectivity index (χ2n) is 7.13. The first-order chi connectivity index (χ1) is 14.9. The highest BCUT2D eigenvalue weighted by molar-refractivity contribution is 7.89. The minimum Gasteiger partial charge on any atom is -0.465 e. The van der Waals surface area contributed by atoms with Crippen LogP contribution in [0.25, 0.3) is 11.4 Å². The third kappa shape index (κ3) is 4.21. The maximum atomic E-state index is 13.1. The normalized spacial score (nSPS) is 15.7. The fourth-order valence-corrected chi connectivity index (χ4v) is 5.22. The van der Waals surface area contributed by atoms with Gasteiger partial charge in [0.2, 0.25) is 21.7 Å². The van der Waals surface area contributed by atoms with Crippen molar-refractivity contribution in [2.75, 3.05) is 20.2 Å². The largest absolute Gasteiger partial charge is 0.465 e. The van der Waals surface area contributed by atoms with Gasteiger partial charge >= 0.3 is 5.97 Å². The number of ether oxygens (including phenoxy) is 1. The first kappa shape index (κ1) is 21.1. The molecule has 8 nitrogen and oxygen atoms in total. The van der Waals surface area contributed by atoms with Gasteiger partial charge in [-0.25, -0.2) is 17.6 Å². The second kappa shape index (κ2) is 8.56. The number of benzene rings is 2. The third-order valence-corrected chi connectivity index (χ3v) is 7.21. The molecule has 1 aliphatic rings. The van der Waals surface area contributed by atoms with Crippen LogP contribution in [-0.4, -0.2) is 49.0 Å². The highest BCUT2D eigenvalue weighted by atomic mass is 32.2. The molecule has 0 unspecified atom stereocenters. The van der Waals surface area contributed by atoms with Gasteiger partial charge in [-0.15, -0.1) is 0 Å². The summed E-state index contributed by atoms with van der Waals surface area (Å²) in [5.74, 6) is -0.365. The summed E-state index contributed by atoms with van der Waals surface area (Å²) in [5, 5.41) is 3.96. The molecule has 31 heavy (non-hydrogen) atoms. The summed E-state index contributed by atoms with van der Waals surface area (Å²) in [6.45, 7) is 0.494. The molecule has 0 saturated carbocycles. The Labute approximate surface area is 178 Å². The van der Waals surface area contributed by atoms with Crippen LogP contribution in [0.3, 0.4) is 0 Å². The van der Waals surface area contributed by atoms with E-state index in [0.29, 0.717) is 30.1 Å². The quantitative estimate of drug-likeness (QED) is 0.556. The number of halogens is 1. The summed E-state index contributed by atoms with van der Waals surface area (Å²) in [6.07, 6.45) is 0.981. The molecule has 1 fully saturated rings. The monoisotopic (exact) mass is 445 g/mol. The van der Waals surface area contributed by atoms with Crippen LogP contribution in [0.2, 0.25) is 0 Å². The van der Waals surface area contributed by atoms with E-state index in [2.05, 4.69) is 10.1 Å². The highest BCUT2D eigenvalue weighted by Crippen LogP contribution is 2.32. The van der Waals surface area contributed by atoms with Gasteiger partial charge in [0.25, 0.3) is 0 Å². The van der Waals surface area contributed by atoms with Crippen molar-refractivity contribution in [3.63, 3.8) is 0 Å². The standard InChI is InChI=1S/C21H20FN3O5S/c1-29-21(26)17-4-2-3-5-18(17)31(27,28)25-12-10-15(11-13-25)20-23-19(24-30-20)14-6-8-16(22)9-7-14/h2-9,15H,10-13H2,1H3. The van der Waals surface area contributed by atoms with E-state index in [4.69, 9.17) is 9.26 Å². The van der Waals surface area contributed by atoms with Crippen LogP contribution in [0.5, 0.6) is 0 Å². The molecule has 4 rings (SSSR count). The van der Waals surface area contributed by atoms with Gasteiger partial charge in [-0.1, -0.05) is 17.3 Å². The van der Waals surface area contributed by atoms with E-state index < -0.39 is 16.0 Å². The first-order valence-electron chi connectivity index (χ1n) is 9.67. The number of sulfonamides is 1. The van der Waals surface area contributed by atoms with Crippen molar-refractivity contribution in [3.8, 4) is 11.4 Å². The molecule has 3 aromatic rings. The maximum absolute atomic E-state index is 13.1. The first-order valence-corrected chi connectivity index (χ1v) is 11.1. The Morgan fingerprint density at radius 1 is 1.13 bits per heavy atom. The third-order valence-electron chi connectivity index (χ3n) is 5.26. The van der Waals surface area contributed by atoms with Crippen LogP contribution in [-0.2, 0) is 14.8 Å². The molecule has 162 valence electrons. The maximum Gasteiger partial charge on any atom is 0.339 e. The van der Waals surface area contributed by atoms with Crippen molar-refractivity contribution in [2.24, 2.45) is 0 Å². The molecule has 2 aromatic carbocycles. The lowest BCUT2D eigenvalue weighted by Crippen LogP contribution is -2.38. The van der Waals surface area contributed by atoms with Crippen molar-refractivity contribution >= 4 is 16.0 Å². The smallest absolute Gasteiger partial charge is 0.339 e. The van der Waals surface area contributed by atoms with Crippen molar-refractivity contribution in [1.29, 1.82) is 0 Å². The van der Waals surface area contributed by atoms with Crippen molar-refractivity contribution < 1.29 is 26.9 Å². The molecule has 0 atom stereocenters. The number of esters is 1. The Bertz CT molecular complexity index is 1190. The van der Waals surface area contributed by atoms with Gasteiger partial charge < -0.3 is 9.26 Å². The van der Waals surface area contributed by atoms with Gasteiger partial charge in [0.05, 0.1) is 17.6 Å². The Morgan fingerprint density at radius 2 is 1.81 bits per heavy atom. The molecule has 0 bridgehead atoms. The van der Waals surface area contributed by atoms with Gasteiger partial charge in [0.15, 0.2) is 0 Å². The number of carbonyl (C=O) groups excluding carboxylic acids is 1. The van der Waals surface area contributed by atoms with Crippen molar-refractivity contribution in [3.05, 3.63) is 65.8 Å². The Hall–Kier alpha value is -3.11. The molecule has 1 saturated heterocycles. The molecule has 1 aromatic heterocycles. The molecular formula is C21H20FN3O5S. The van der Waals surface area contributed by atoms with E-state index in [1.807, 2.05) is 0 Å². The second-order valence-corrected chi connectivity index (χ2v) is 9.04. The zero-order valence-electron chi connectivity index (χ0n) is 16.7. The van der Waals surface area contributed by atoms with E-state index in [1.54, 1.807) is 24.3 Å². The number of piperidine rings is 1. The number of methoxy groups -OCH3 is 1. The summed E-state index contributed by atoms with van der Waals surface area (Å²) in [4.78, 5) is 16.3. The van der Waals surface area contributed by atoms with E-state index in [-0.39, 0.29) is 35.3 Å². The number of nitrogens with zero attached hydrogens (tertiary/aromatic N) is 3. The lowest BCUT2D eigenvalue weighted by Gasteiger charge is -2.30. The van der Waals surface area contributed by atoms with E-state index >= 15 is 0 Å². The van der Waals surface area contributed by atoms with Crippen LogP contribution in [0.1, 0.15) is 35.0 Å². The molecule has 1 aliphatic heterocycles. The van der Waals surface area contributed by atoms with Crippen LogP contribution >= 0.6 is 0 Å². The Kier molecular flexibility index (Phi) is 5.84. The average Bonchev–Trinajstić information content (AvgIpc) is 3.29. The number of carbonyl (C=O) groups is 1. The molecule has 10 heteroatoms. The van der Waals surface area contributed by atoms with Crippen LogP contribution in [0.15, 0.2) is 57.9 Å². The SMILES string of the molecule is COC(=O)c1ccccc1S(=O)(=O)N1CCC(c2nc(-c3ccc(F)cc3)no2)CC1. The van der Waals surface area contributed by atoms with E-state index in [0.717, 1.165) is 0 Å². The zero-order chi connectivity index (χ0) is 22.0. The van der Waals surface area contributed by atoms with Gasteiger partial charge in [-0.2, -0.15) is 9.29 Å². The molecule has 0 spiro atoms. The van der Waals surface area contributed by atoms with E-state index in [9.17, 15) is 17.6 Å². The molecule has 2 heterocycles. The van der Waals surface area contributed by atoms with Crippen LogP contribution in [0.4, 0.5) is 4.39 Å². The molecule has 0 radical (unpaired) electrons. The summed E-state index contributed by atoms with van der Waals surface area (Å²) in [6, 6.07) is 11.8. The Morgan fingerprint density at radius 3 is 2.48 bits per heavy atom. The number of hydrogen-bond acceptors (Lipinski definition) is 7.